The molecule has 2 aromatic carbocycles. The zero-order chi connectivity index (χ0) is 23.4. The van der Waals surface area contributed by atoms with Gasteiger partial charge >= 0.3 is 0 Å². The number of hydrazone groups is 1. The molecule has 0 radical (unpaired) electrons. The predicted octanol–water partition coefficient (Wildman–Crippen LogP) is 4.11. The quantitative estimate of drug-likeness (QED) is 0.298. The van der Waals surface area contributed by atoms with Crippen LogP contribution in [-0.2, 0) is 9.84 Å². The van der Waals surface area contributed by atoms with Gasteiger partial charge in [-0.2, -0.15) is 14.7 Å². The summed E-state index contributed by atoms with van der Waals surface area (Å²) in [5.41, 5.74) is 4.84. The van der Waals surface area contributed by atoms with E-state index in [2.05, 4.69) is 25.9 Å². The number of ether oxygens (including phenoxy) is 1. The lowest BCUT2D eigenvalue weighted by molar-refractivity contribution is 0.415. The molecule has 2 aromatic heterocycles. The molecule has 0 aliphatic rings. The molecule has 0 bridgehead atoms. The summed E-state index contributed by atoms with van der Waals surface area (Å²) < 4.78 is 32.4. The van der Waals surface area contributed by atoms with Gasteiger partial charge in [-0.25, -0.2) is 13.4 Å². The van der Waals surface area contributed by atoms with Crippen molar-refractivity contribution in [1.29, 1.82) is 0 Å². The maximum Gasteiger partial charge on any atom is 0.182 e. The molecule has 0 unspecified atom stereocenters. The maximum absolute atomic E-state index is 12.8. The van der Waals surface area contributed by atoms with Gasteiger partial charge in [0.25, 0.3) is 0 Å². The maximum atomic E-state index is 12.8. The molecule has 4 aromatic rings. The normalized spacial score (nSPS) is 11.9. The van der Waals surface area contributed by atoms with E-state index in [9.17, 15) is 8.42 Å². The van der Waals surface area contributed by atoms with Crippen LogP contribution in [0.4, 0.5) is 17.3 Å². The summed E-state index contributed by atoms with van der Waals surface area (Å²) in [6.45, 7) is 3.32. The van der Waals surface area contributed by atoms with E-state index in [1.165, 1.54) is 0 Å². The number of methoxy groups -OCH3 is 1. The molecular formula is C23H24N6O3S. The third-order valence-electron chi connectivity index (χ3n) is 4.94. The molecule has 0 spiro atoms. The molecule has 0 aliphatic carbocycles. The molecule has 33 heavy (non-hydrogen) atoms. The number of sulfone groups is 1. The molecule has 0 saturated heterocycles. The van der Waals surface area contributed by atoms with Gasteiger partial charge in [-0.15, -0.1) is 0 Å². The van der Waals surface area contributed by atoms with E-state index in [0.717, 1.165) is 11.3 Å². The Labute approximate surface area is 192 Å². The highest BCUT2D eigenvalue weighted by molar-refractivity contribution is 7.92. The van der Waals surface area contributed by atoms with E-state index < -0.39 is 15.1 Å². The molecule has 0 amide bonds. The first-order chi connectivity index (χ1) is 15.9. The van der Waals surface area contributed by atoms with Gasteiger partial charge in [-0.05, 0) is 55.8 Å². The Kier molecular flexibility index (Phi) is 6.27. The van der Waals surface area contributed by atoms with Gasteiger partial charge in [0.2, 0.25) is 0 Å². The summed E-state index contributed by atoms with van der Waals surface area (Å²) in [7, 11) is -1.87. The predicted molar refractivity (Wildman–Crippen MR) is 129 cm³/mol. The number of hydrogen-bond acceptors (Lipinski definition) is 8. The first kappa shape index (κ1) is 22.3. The van der Waals surface area contributed by atoms with Gasteiger partial charge in [0.05, 0.1) is 35.4 Å². The van der Waals surface area contributed by atoms with Crippen LogP contribution in [0, 0.1) is 0 Å². The summed E-state index contributed by atoms with van der Waals surface area (Å²) in [4.78, 5) is 4.72. The fourth-order valence-electron chi connectivity index (χ4n) is 3.13. The van der Waals surface area contributed by atoms with Crippen LogP contribution < -0.4 is 15.5 Å². The Balaban J connectivity index is 1.63. The van der Waals surface area contributed by atoms with Crippen molar-refractivity contribution in [1.82, 2.24) is 14.6 Å². The molecule has 0 aliphatic heterocycles. The van der Waals surface area contributed by atoms with Crippen molar-refractivity contribution in [2.24, 2.45) is 5.10 Å². The largest absolute Gasteiger partial charge is 0.497 e. The molecule has 0 atom stereocenters. The third-order valence-corrected chi connectivity index (χ3v) is 7.16. The molecule has 2 N–H and O–H groups in total. The average Bonchev–Trinajstić information content (AvgIpc) is 3.29. The number of benzene rings is 2. The van der Waals surface area contributed by atoms with Crippen molar-refractivity contribution < 1.29 is 13.2 Å². The Morgan fingerprint density at radius 3 is 2.58 bits per heavy atom. The molecule has 0 fully saturated rings. The minimum atomic E-state index is -3.48. The first-order valence-electron chi connectivity index (χ1n) is 10.3. The van der Waals surface area contributed by atoms with Gasteiger partial charge in [0.15, 0.2) is 21.3 Å². The number of anilines is 3. The average molecular weight is 465 g/mol. The second-order valence-corrected chi connectivity index (χ2v) is 9.96. The topological polar surface area (TPSA) is 110 Å². The van der Waals surface area contributed by atoms with E-state index >= 15 is 0 Å². The van der Waals surface area contributed by atoms with Crippen molar-refractivity contribution in [3.8, 4) is 5.75 Å². The van der Waals surface area contributed by atoms with Gasteiger partial charge in [0, 0.05) is 12.1 Å². The van der Waals surface area contributed by atoms with Crippen molar-refractivity contribution in [3.63, 3.8) is 0 Å². The van der Waals surface area contributed by atoms with Crippen LogP contribution in [-0.4, -0.2) is 41.6 Å². The second-order valence-electron chi connectivity index (χ2n) is 7.49. The van der Waals surface area contributed by atoms with Crippen LogP contribution in [0.5, 0.6) is 5.75 Å². The Bertz CT molecular complexity index is 1400. The SMILES string of the molecule is COc1ccc(/C=N/Nc2cc(Nc3ccccc3S(=O)(=O)C(C)C)n3nccc3n2)cc1. The molecular weight excluding hydrogens is 440 g/mol. The smallest absolute Gasteiger partial charge is 0.182 e. The zero-order valence-electron chi connectivity index (χ0n) is 18.4. The standard InChI is InChI=1S/C23H24N6O3S/c1-16(2)33(30,31)20-7-5-4-6-19(20)26-23-14-21(27-22-12-13-25-29(22)23)28-24-15-17-8-10-18(32-3)11-9-17/h4-16,26H,1-3H3,(H,27,28)/b24-15+. The van der Waals surface area contributed by atoms with Crippen molar-refractivity contribution >= 4 is 39.0 Å². The van der Waals surface area contributed by atoms with Crippen LogP contribution in [0.3, 0.4) is 0 Å². The van der Waals surface area contributed by atoms with Crippen molar-refractivity contribution in [2.45, 2.75) is 24.0 Å². The Morgan fingerprint density at radius 2 is 1.85 bits per heavy atom. The fraction of sp³-hybridized carbons (Fsp3) is 0.174. The number of hydrogen-bond donors (Lipinski definition) is 2. The van der Waals surface area contributed by atoms with Gasteiger partial charge < -0.3 is 10.1 Å². The summed E-state index contributed by atoms with van der Waals surface area (Å²) >= 11 is 0. The Morgan fingerprint density at radius 1 is 1.09 bits per heavy atom. The van der Waals surface area contributed by atoms with E-state index in [4.69, 9.17) is 4.74 Å². The van der Waals surface area contributed by atoms with Gasteiger partial charge in [-0.3, -0.25) is 5.43 Å². The number of rotatable bonds is 8. The molecule has 9 nitrogen and oxygen atoms in total. The first-order valence-corrected chi connectivity index (χ1v) is 11.8. The Hall–Kier alpha value is -3.92. The highest BCUT2D eigenvalue weighted by Gasteiger charge is 2.23. The number of nitrogens with one attached hydrogen (secondary N) is 2. The lowest BCUT2D eigenvalue weighted by atomic mass is 10.2. The minimum absolute atomic E-state index is 0.226. The lowest BCUT2D eigenvalue weighted by Crippen LogP contribution is -2.16. The number of nitrogens with zero attached hydrogens (tertiary/aromatic N) is 4. The highest BCUT2D eigenvalue weighted by atomic mass is 32.2. The summed E-state index contributed by atoms with van der Waals surface area (Å²) in [5.74, 6) is 1.78. The number of para-hydroxylation sites is 1. The van der Waals surface area contributed by atoms with Gasteiger partial charge in [0.1, 0.15) is 11.6 Å². The van der Waals surface area contributed by atoms with E-state index in [0.29, 0.717) is 23.0 Å². The molecule has 170 valence electrons. The molecule has 10 heteroatoms. The van der Waals surface area contributed by atoms with Crippen molar-refractivity contribution in [3.05, 3.63) is 72.4 Å². The van der Waals surface area contributed by atoms with Crippen LogP contribution in [0.25, 0.3) is 5.65 Å². The monoisotopic (exact) mass is 464 g/mol. The van der Waals surface area contributed by atoms with Crippen molar-refractivity contribution in [2.75, 3.05) is 17.9 Å². The van der Waals surface area contributed by atoms with Gasteiger partial charge in [-0.1, -0.05) is 12.1 Å². The van der Waals surface area contributed by atoms with Crippen LogP contribution in [0.15, 0.2) is 76.9 Å². The van der Waals surface area contributed by atoms with Crippen LogP contribution in [0.1, 0.15) is 19.4 Å². The van der Waals surface area contributed by atoms with E-state index in [1.807, 2.05) is 24.3 Å². The third kappa shape index (κ3) is 4.80. The summed E-state index contributed by atoms with van der Waals surface area (Å²) in [6, 6.07) is 17.7. The fourth-order valence-corrected chi connectivity index (χ4v) is 4.33. The summed E-state index contributed by atoms with van der Waals surface area (Å²) in [5, 5.41) is 11.2. The van der Waals surface area contributed by atoms with Crippen LogP contribution >= 0.6 is 0 Å². The van der Waals surface area contributed by atoms with E-state index in [-0.39, 0.29) is 4.90 Å². The number of aromatic nitrogens is 3. The van der Waals surface area contributed by atoms with Crippen LogP contribution in [0.2, 0.25) is 0 Å². The molecule has 4 rings (SSSR count). The number of fused-ring (bicyclic) bond motifs is 1. The van der Waals surface area contributed by atoms with E-state index in [1.54, 1.807) is 74.3 Å². The summed E-state index contributed by atoms with van der Waals surface area (Å²) in [6.07, 6.45) is 3.29. The zero-order valence-corrected chi connectivity index (χ0v) is 19.2. The molecule has 2 heterocycles. The second kappa shape index (κ2) is 9.29. The lowest BCUT2D eigenvalue weighted by Gasteiger charge is -2.15. The highest BCUT2D eigenvalue weighted by Crippen LogP contribution is 2.28. The minimum Gasteiger partial charge on any atom is -0.497 e. The molecule has 0 saturated carbocycles.